The summed E-state index contributed by atoms with van der Waals surface area (Å²) in [5.74, 6) is -0.0636. The highest BCUT2D eigenvalue weighted by Crippen LogP contribution is 2.41. The number of ether oxygens (including phenoxy) is 2. The van der Waals surface area contributed by atoms with Crippen molar-refractivity contribution in [1.82, 2.24) is 4.98 Å². The minimum atomic E-state index is -2.08. The van der Waals surface area contributed by atoms with E-state index in [9.17, 15) is 9.90 Å². The molecule has 3 unspecified atom stereocenters. The number of fused-ring (bicyclic) bond motifs is 1. The van der Waals surface area contributed by atoms with E-state index in [1.54, 1.807) is 41.3 Å². The molecule has 0 bridgehead atoms. The molecule has 38 heavy (non-hydrogen) atoms. The van der Waals surface area contributed by atoms with Crippen molar-refractivity contribution in [1.29, 1.82) is 0 Å². The number of rotatable bonds is 7. The number of alkyl halides is 3. The predicted octanol–water partition coefficient (Wildman–Crippen LogP) is 7.44. The van der Waals surface area contributed by atoms with E-state index in [1.165, 1.54) is 0 Å². The number of hydrogen-bond acceptors (Lipinski definition) is 7. The summed E-state index contributed by atoms with van der Waals surface area (Å²) in [4.78, 5) is 16.9. The lowest BCUT2D eigenvalue weighted by atomic mass is 10.0. The van der Waals surface area contributed by atoms with Crippen molar-refractivity contribution in [2.45, 2.75) is 39.7 Å². The van der Waals surface area contributed by atoms with Crippen LogP contribution in [0.4, 0.5) is 5.69 Å². The smallest absolute Gasteiger partial charge is 0.276 e. The van der Waals surface area contributed by atoms with Crippen molar-refractivity contribution in [3.63, 3.8) is 0 Å². The van der Waals surface area contributed by atoms with Crippen LogP contribution in [0.3, 0.4) is 0 Å². The third-order valence-corrected chi connectivity index (χ3v) is 8.78. The van der Waals surface area contributed by atoms with Crippen LogP contribution in [0.5, 0.6) is 0 Å². The third kappa shape index (κ3) is 6.81. The van der Waals surface area contributed by atoms with Crippen LogP contribution in [0.2, 0.25) is 0 Å². The molecule has 198 valence electrons. The lowest BCUT2D eigenvalue weighted by molar-refractivity contribution is -0.245. The van der Waals surface area contributed by atoms with Crippen molar-refractivity contribution in [2.24, 2.45) is 0 Å². The topological polar surface area (TPSA) is 80.7 Å². The number of aromatic nitrogens is 1. The molecule has 1 amide bonds. The van der Waals surface area contributed by atoms with Crippen LogP contribution in [0.15, 0.2) is 77.1 Å². The van der Waals surface area contributed by atoms with Gasteiger partial charge >= 0.3 is 0 Å². The molecule has 2 N–H and O–H groups in total. The number of carbonyl (C=O) groups is 1. The fourth-order valence-electron chi connectivity index (χ4n) is 4.06. The van der Waals surface area contributed by atoms with E-state index in [-0.39, 0.29) is 18.8 Å². The minimum Gasteiger partial charge on any atom is -0.392 e. The highest BCUT2D eigenvalue weighted by Gasteiger charge is 2.33. The summed E-state index contributed by atoms with van der Waals surface area (Å²) in [6.45, 7) is -0.0221. The van der Waals surface area contributed by atoms with Gasteiger partial charge in [-0.3, -0.25) is 4.79 Å². The van der Waals surface area contributed by atoms with E-state index in [0.717, 1.165) is 31.2 Å². The number of thioether (sulfide) groups is 1. The summed E-state index contributed by atoms with van der Waals surface area (Å²) in [6.07, 6.45) is -0.400. The summed E-state index contributed by atoms with van der Waals surface area (Å²) in [5, 5.41) is 12.0. The van der Waals surface area contributed by atoms with Crippen molar-refractivity contribution in [2.75, 3.05) is 11.1 Å². The fraction of sp³-hybridized carbons (Fsp3) is 0.259. The van der Waals surface area contributed by atoms with Crippen LogP contribution >= 0.6 is 57.9 Å². The summed E-state index contributed by atoms with van der Waals surface area (Å²) in [7, 11) is 0. The second kappa shape index (κ2) is 12.1. The van der Waals surface area contributed by atoms with E-state index < -0.39 is 16.0 Å². The Morgan fingerprint density at radius 1 is 1.05 bits per heavy atom. The van der Waals surface area contributed by atoms with Gasteiger partial charge in [0.1, 0.15) is 0 Å². The molecule has 1 fully saturated rings. The molecule has 1 aliphatic heterocycles. The molecule has 5 rings (SSSR count). The lowest BCUT2D eigenvalue weighted by Gasteiger charge is -2.36. The largest absolute Gasteiger partial charge is 0.392 e. The minimum absolute atomic E-state index is 0.0221. The molecule has 0 aliphatic carbocycles. The normalized spacial score (nSPS) is 19.9. The van der Waals surface area contributed by atoms with Crippen molar-refractivity contribution >= 4 is 79.7 Å². The zero-order valence-electron chi connectivity index (χ0n) is 19.9. The average Bonchev–Trinajstić information content (AvgIpc) is 3.34. The van der Waals surface area contributed by atoms with E-state index in [0.29, 0.717) is 17.9 Å². The number of aliphatic hydroxyl groups is 1. The zero-order chi connectivity index (χ0) is 26.7. The summed E-state index contributed by atoms with van der Waals surface area (Å²) >= 11 is 20.4. The number of carbonyl (C=O) groups excluding carboxylic acids is 1. The Balaban J connectivity index is 1.36. The molecule has 2 heterocycles. The van der Waals surface area contributed by atoms with Gasteiger partial charge in [-0.15, -0.1) is 11.3 Å². The SMILES string of the molecule is O=C(Nc1cccc(C2OC(CSc3nc4ccccc4s3)CC(c3ccc(CO)cc3)O2)c1)C(Cl)(Cl)Cl. The first-order valence-electron chi connectivity index (χ1n) is 11.8. The van der Waals surface area contributed by atoms with Gasteiger partial charge in [-0.05, 0) is 35.4 Å². The van der Waals surface area contributed by atoms with Crippen LogP contribution < -0.4 is 5.32 Å². The van der Waals surface area contributed by atoms with Gasteiger partial charge in [0, 0.05) is 23.4 Å². The van der Waals surface area contributed by atoms with Gasteiger partial charge in [0.25, 0.3) is 9.70 Å². The molecule has 1 saturated heterocycles. The molecule has 1 aliphatic rings. The van der Waals surface area contributed by atoms with Gasteiger partial charge in [0.05, 0.1) is 29.0 Å². The second-order valence-corrected chi connectivity index (χ2v) is 13.3. The Labute approximate surface area is 243 Å². The molecule has 3 atom stereocenters. The Hall–Kier alpha value is -1.88. The van der Waals surface area contributed by atoms with Gasteiger partial charge in [0.2, 0.25) is 0 Å². The molecule has 6 nitrogen and oxygen atoms in total. The molecular formula is C27H23Cl3N2O4S2. The van der Waals surface area contributed by atoms with E-state index >= 15 is 0 Å². The highest BCUT2D eigenvalue weighted by molar-refractivity contribution is 8.01. The van der Waals surface area contributed by atoms with Gasteiger partial charge in [-0.2, -0.15) is 0 Å². The Morgan fingerprint density at radius 3 is 2.58 bits per heavy atom. The van der Waals surface area contributed by atoms with Crippen LogP contribution in [-0.2, 0) is 20.9 Å². The summed E-state index contributed by atoms with van der Waals surface area (Å²) < 4.78 is 12.8. The first kappa shape index (κ1) is 27.7. The number of nitrogens with zero attached hydrogens (tertiary/aromatic N) is 1. The monoisotopic (exact) mass is 608 g/mol. The number of hydrogen-bond donors (Lipinski definition) is 2. The molecule has 1 aromatic heterocycles. The number of halogens is 3. The summed E-state index contributed by atoms with van der Waals surface area (Å²) in [5.41, 5.74) is 3.99. The first-order valence-corrected chi connectivity index (χ1v) is 14.7. The van der Waals surface area contributed by atoms with Crippen LogP contribution in [0.25, 0.3) is 10.2 Å². The number of benzene rings is 3. The molecule has 11 heteroatoms. The Bertz CT molecular complexity index is 1380. The molecule has 0 saturated carbocycles. The number of anilines is 1. The molecule has 0 spiro atoms. The maximum atomic E-state index is 12.2. The van der Waals surface area contributed by atoms with E-state index in [2.05, 4.69) is 11.4 Å². The van der Waals surface area contributed by atoms with Crippen LogP contribution in [0, 0.1) is 0 Å². The quantitative estimate of drug-likeness (QED) is 0.168. The molecule has 0 radical (unpaired) electrons. The Kier molecular flexibility index (Phi) is 8.82. The van der Waals surface area contributed by atoms with Gasteiger partial charge in [0.15, 0.2) is 10.6 Å². The van der Waals surface area contributed by atoms with Crippen LogP contribution in [-0.4, -0.2) is 31.6 Å². The van der Waals surface area contributed by atoms with Gasteiger partial charge in [-0.1, -0.05) is 95.1 Å². The number of amides is 1. The average molecular weight is 610 g/mol. The standard InChI is InChI=1S/C27H23Cl3N2O4S2/c28-27(29,30)25(34)31-19-5-3-4-18(12-19)24-35-20(13-22(36-24)17-10-8-16(14-33)9-11-17)15-37-26-32-21-6-1-2-7-23(21)38-26/h1-12,20,22,24,33H,13-15H2,(H,31,34). The summed E-state index contributed by atoms with van der Waals surface area (Å²) in [6, 6.07) is 22.9. The second-order valence-electron chi connectivity index (χ2n) is 8.69. The number of thiazole rings is 1. The third-order valence-electron chi connectivity index (χ3n) is 5.96. The number of para-hydroxylation sites is 1. The Morgan fingerprint density at radius 2 is 1.84 bits per heavy atom. The maximum Gasteiger partial charge on any atom is 0.276 e. The van der Waals surface area contributed by atoms with Crippen molar-refractivity contribution in [3.05, 3.63) is 89.5 Å². The molecular weight excluding hydrogens is 587 g/mol. The maximum absolute atomic E-state index is 12.2. The van der Waals surface area contributed by atoms with Gasteiger partial charge in [-0.25, -0.2) is 4.98 Å². The van der Waals surface area contributed by atoms with E-state index in [1.807, 2.05) is 48.5 Å². The van der Waals surface area contributed by atoms with Crippen molar-refractivity contribution < 1.29 is 19.4 Å². The molecule has 4 aromatic rings. The van der Waals surface area contributed by atoms with Crippen LogP contribution in [0.1, 0.15) is 35.5 Å². The number of nitrogens with one attached hydrogen (secondary N) is 1. The van der Waals surface area contributed by atoms with Gasteiger partial charge < -0.3 is 19.9 Å². The predicted molar refractivity (Wildman–Crippen MR) is 154 cm³/mol. The molecule has 3 aromatic carbocycles. The highest BCUT2D eigenvalue weighted by atomic mass is 35.6. The van der Waals surface area contributed by atoms with Crippen molar-refractivity contribution in [3.8, 4) is 0 Å². The fourth-order valence-corrected chi connectivity index (χ4v) is 6.32. The lowest BCUT2D eigenvalue weighted by Crippen LogP contribution is -2.31. The zero-order valence-corrected chi connectivity index (χ0v) is 23.8. The number of aliphatic hydroxyl groups excluding tert-OH is 1. The van der Waals surface area contributed by atoms with E-state index in [4.69, 9.17) is 49.3 Å². The first-order chi connectivity index (χ1) is 18.3.